The van der Waals surface area contributed by atoms with Gasteiger partial charge in [-0.3, -0.25) is 0 Å². The highest BCUT2D eigenvalue weighted by atomic mass is 16.4. The third kappa shape index (κ3) is 1.61. The van der Waals surface area contributed by atoms with E-state index in [0.29, 0.717) is 11.8 Å². The van der Waals surface area contributed by atoms with Crippen LogP contribution >= 0.6 is 0 Å². The van der Waals surface area contributed by atoms with Gasteiger partial charge >= 0.3 is 0 Å². The first-order chi connectivity index (χ1) is 8.83. The molecule has 0 aliphatic carbocycles. The van der Waals surface area contributed by atoms with Crippen molar-refractivity contribution in [2.45, 2.75) is 26.8 Å². The van der Waals surface area contributed by atoms with Gasteiger partial charge in [-0.1, -0.05) is 25.1 Å². The molecule has 4 heteroatoms. The van der Waals surface area contributed by atoms with E-state index in [1.54, 1.807) is 0 Å². The van der Waals surface area contributed by atoms with Crippen molar-refractivity contribution in [3.05, 3.63) is 36.2 Å². The lowest BCUT2D eigenvalue weighted by Crippen LogP contribution is -1.96. The zero-order valence-electron chi connectivity index (χ0n) is 10.6. The molecule has 0 unspecified atom stereocenters. The quantitative estimate of drug-likeness (QED) is 0.706. The minimum atomic E-state index is 0.602. The lowest BCUT2D eigenvalue weighted by Gasteiger charge is -2.03. The predicted molar refractivity (Wildman–Crippen MR) is 70.3 cm³/mol. The van der Waals surface area contributed by atoms with Gasteiger partial charge in [-0.15, -0.1) is 10.2 Å². The number of para-hydroxylation sites is 1. The van der Waals surface area contributed by atoms with Gasteiger partial charge < -0.3 is 8.98 Å². The van der Waals surface area contributed by atoms with Gasteiger partial charge in [0, 0.05) is 23.9 Å². The fourth-order valence-corrected chi connectivity index (χ4v) is 2.23. The average Bonchev–Trinajstić information content (AvgIpc) is 3.02. The summed E-state index contributed by atoms with van der Waals surface area (Å²) >= 11 is 0. The molecule has 0 bridgehead atoms. The average molecular weight is 241 g/mol. The Kier molecular flexibility index (Phi) is 2.63. The van der Waals surface area contributed by atoms with Crippen molar-refractivity contribution < 1.29 is 4.42 Å². The van der Waals surface area contributed by atoms with Crippen molar-refractivity contribution in [1.29, 1.82) is 0 Å². The number of aromatic nitrogens is 3. The summed E-state index contributed by atoms with van der Waals surface area (Å²) in [6.45, 7) is 5.01. The molecule has 3 aromatic rings. The van der Waals surface area contributed by atoms with Gasteiger partial charge in [0.1, 0.15) is 5.69 Å². The number of aryl methyl sites for hydroxylation is 2. The molecule has 18 heavy (non-hydrogen) atoms. The number of fused-ring (bicyclic) bond motifs is 1. The summed E-state index contributed by atoms with van der Waals surface area (Å²) in [5.74, 6) is 1.28. The maximum absolute atomic E-state index is 5.65. The zero-order valence-corrected chi connectivity index (χ0v) is 10.6. The van der Waals surface area contributed by atoms with Crippen molar-refractivity contribution in [2.24, 2.45) is 0 Å². The molecule has 0 fully saturated rings. The smallest absolute Gasteiger partial charge is 0.264 e. The van der Waals surface area contributed by atoms with Crippen LogP contribution in [0, 0.1) is 0 Å². The molecule has 0 aliphatic rings. The van der Waals surface area contributed by atoms with E-state index in [-0.39, 0.29) is 0 Å². The number of hydrogen-bond acceptors (Lipinski definition) is 3. The lowest BCUT2D eigenvalue weighted by molar-refractivity contribution is 0.508. The van der Waals surface area contributed by atoms with E-state index in [2.05, 4.69) is 39.9 Å². The maximum Gasteiger partial charge on any atom is 0.264 e. The molecule has 0 atom stereocenters. The molecule has 92 valence electrons. The van der Waals surface area contributed by atoms with Gasteiger partial charge in [0.25, 0.3) is 5.89 Å². The Morgan fingerprint density at radius 2 is 2.00 bits per heavy atom. The number of hydrogen-bond donors (Lipinski definition) is 0. The van der Waals surface area contributed by atoms with Crippen molar-refractivity contribution >= 4 is 10.9 Å². The highest BCUT2D eigenvalue weighted by molar-refractivity contribution is 5.85. The minimum Gasteiger partial charge on any atom is -0.419 e. The third-order valence-corrected chi connectivity index (χ3v) is 3.12. The number of benzene rings is 1. The van der Waals surface area contributed by atoms with Crippen LogP contribution < -0.4 is 0 Å². The first-order valence-corrected chi connectivity index (χ1v) is 6.24. The fourth-order valence-electron chi connectivity index (χ4n) is 2.23. The van der Waals surface area contributed by atoms with Crippen LogP contribution in [0.25, 0.3) is 22.5 Å². The topological polar surface area (TPSA) is 43.9 Å². The van der Waals surface area contributed by atoms with Crippen molar-refractivity contribution in [2.75, 3.05) is 0 Å². The van der Waals surface area contributed by atoms with Crippen LogP contribution in [-0.4, -0.2) is 14.8 Å². The first-order valence-electron chi connectivity index (χ1n) is 6.24. The SMILES string of the molecule is CCc1nnc(-c2cc3ccccc3n2CC)o1. The standard InChI is InChI=1S/C14H15N3O/c1-3-13-15-16-14(18-13)12-9-10-7-5-6-8-11(10)17(12)4-2/h5-9H,3-4H2,1-2H3. The van der Waals surface area contributed by atoms with Crippen molar-refractivity contribution in [3.63, 3.8) is 0 Å². The summed E-state index contributed by atoms with van der Waals surface area (Å²) in [5, 5.41) is 9.35. The van der Waals surface area contributed by atoms with Crippen LogP contribution in [0.5, 0.6) is 0 Å². The Bertz CT molecular complexity index is 681. The fraction of sp³-hybridized carbons (Fsp3) is 0.286. The molecule has 0 amide bonds. The number of rotatable bonds is 3. The van der Waals surface area contributed by atoms with Gasteiger partial charge in [0.05, 0.1) is 0 Å². The van der Waals surface area contributed by atoms with Gasteiger partial charge in [-0.05, 0) is 19.1 Å². The van der Waals surface area contributed by atoms with E-state index in [1.165, 1.54) is 10.9 Å². The molecule has 0 saturated heterocycles. The molecule has 4 nitrogen and oxygen atoms in total. The summed E-state index contributed by atoms with van der Waals surface area (Å²) < 4.78 is 7.84. The highest BCUT2D eigenvalue weighted by Gasteiger charge is 2.14. The van der Waals surface area contributed by atoms with Crippen LogP contribution in [0.15, 0.2) is 34.7 Å². The summed E-state index contributed by atoms with van der Waals surface area (Å²) in [7, 11) is 0. The molecule has 1 aromatic carbocycles. The van der Waals surface area contributed by atoms with Crippen LogP contribution in [0.2, 0.25) is 0 Å². The molecule has 3 rings (SSSR count). The molecule has 2 heterocycles. The van der Waals surface area contributed by atoms with E-state index < -0.39 is 0 Å². The van der Waals surface area contributed by atoms with Gasteiger partial charge in [0.2, 0.25) is 5.89 Å². The van der Waals surface area contributed by atoms with E-state index in [4.69, 9.17) is 4.42 Å². The second kappa shape index (κ2) is 4.29. The monoisotopic (exact) mass is 241 g/mol. The molecular weight excluding hydrogens is 226 g/mol. The second-order valence-electron chi connectivity index (χ2n) is 4.19. The zero-order chi connectivity index (χ0) is 12.5. The van der Waals surface area contributed by atoms with Crippen LogP contribution in [0.4, 0.5) is 0 Å². The Hall–Kier alpha value is -2.10. The molecule has 0 spiro atoms. The number of nitrogens with zero attached hydrogens (tertiary/aromatic N) is 3. The van der Waals surface area contributed by atoms with E-state index in [0.717, 1.165) is 18.7 Å². The van der Waals surface area contributed by atoms with Gasteiger partial charge in [0.15, 0.2) is 0 Å². The van der Waals surface area contributed by atoms with Gasteiger partial charge in [-0.2, -0.15) is 0 Å². The Labute approximate surface area is 105 Å². The maximum atomic E-state index is 5.65. The van der Waals surface area contributed by atoms with Crippen molar-refractivity contribution in [1.82, 2.24) is 14.8 Å². The summed E-state index contributed by atoms with van der Waals surface area (Å²) in [6, 6.07) is 10.4. The predicted octanol–water partition coefficient (Wildman–Crippen LogP) is 3.27. The highest BCUT2D eigenvalue weighted by Crippen LogP contribution is 2.27. The summed E-state index contributed by atoms with van der Waals surface area (Å²) in [4.78, 5) is 0. The molecule has 0 saturated carbocycles. The Morgan fingerprint density at radius 1 is 1.17 bits per heavy atom. The molecule has 0 N–H and O–H groups in total. The van der Waals surface area contributed by atoms with E-state index in [9.17, 15) is 0 Å². The van der Waals surface area contributed by atoms with Gasteiger partial charge in [-0.25, -0.2) is 0 Å². The Morgan fingerprint density at radius 3 is 2.72 bits per heavy atom. The third-order valence-electron chi connectivity index (χ3n) is 3.12. The normalized spacial score (nSPS) is 11.2. The lowest BCUT2D eigenvalue weighted by atomic mass is 10.2. The molecular formula is C14H15N3O. The summed E-state index contributed by atoms with van der Waals surface area (Å²) in [5.41, 5.74) is 2.19. The Balaban J connectivity index is 2.21. The van der Waals surface area contributed by atoms with Crippen LogP contribution in [0.1, 0.15) is 19.7 Å². The van der Waals surface area contributed by atoms with E-state index in [1.807, 2.05) is 19.1 Å². The minimum absolute atomic E-state index is 0.602. The largest absolute Gasteiger partial charge is 0.419 e. The molecule has 0 aliphatic heterocycles. The van der Waals surface area contributed by atoms with Crippen molar-refractivity contribution in [3.8, 4) is 11.6 Å². The van der Waals surface area contributed by atoms with Crippen LogP contribution in [-0.2, 0) is 13.0 Å². The second-order valence-corrected chi connectivity index (χ2v) is 4.19. The first kappa shape index (κ1) is 11.0. The molecule has 0 radical (unpaired) electrons. The van der Waals surface area contributed by atoms with E-state index >= 15 is 0 Å². The summed E-state index contributed by atoms with van der Waals surface area (Å²) in [6.07, 6.45) is 0.763. The molecule has 2 aromatic heterocycles. The van der Waals surface area contributed by atoms with Crippen LogP contribution in [0.3, 0.4) is 0 Å².